The number of amides is 1. The van der Waals surface area contributed by atoms with Crippen LogP contribution in [0.15, 0.2) is 52.3 Å². The minimum absolute atomic E-state index is 0.0462. The summed E-state index contributed by atoms with van der Waals surface area (Å²) in [4.78, 5) is 24.4. The SMILES string of the molecule is CS(=O)(=O)c1ccc([C@@H](CC(=O)O)NC(=O)[C@@H]2CCCN2S(=O)(=O)c2cc(Cl)cc(Cl)c2)cc1. The van der Waals surface area contributed by atoms with Crippen LogP contribution in [0.3, 0.4) is 0 Å². The largest absolute Gasteiger partial charge is 0.481 e. The van der Waals surface area contributed by atoms with Gasteiger partial charge in [-0.3, -0.25) is 9.59 Å². The Bertz CT molecular complexity index is 1290. The lowest BCUT2D eigenvalue weighted by atomic mass is 10.0. The molecule has 2 atom stereocenters. The molecule has 13 heteroatoms. The average Bonchev–Trinajstić information content (AvgIpc) is 3.23. The van der Waals surface area contributed by atoms with Gasteiger partial charge in [0, 0.05) is 22.8 Å². The number of hydrogen-bond donors (Lipinski definition) is 2. The zero-order valence-electron chi connectivity index (χ0n) is 17.9. The van der Waals surface area contributed by atoms with Crippen molar-refractivity contribution in [2.45, 2.75) is 41.1 Å². The van der Waals surface area contributed by atoms with Crippen LogP contribution in [0, 0.1) is 0 Å². The van der Waals surface area contributed by atoms with Crippen molar-refractivity contribution >= 4 is 54.9 Å². The first kappa shape index (κ1) is 26.4. The van der Waals surface area contributed by atoms with E-state index >= 15 is 0 Å². The summed E-state index contributed by atoms with van der Waals surface area (Å²) >= 11 is 11.9. The Hall–Kier alpha value is -2.18. The minimum Gasteiger partial charge on any atom is -0.481 e. The van der Waals surface area contributed by atoms with Crippen molar-refractivity contribution < 1.29 is 31.5 Å². The van der Waals surface area contributed by atoms with Gasteiger partial charge in [0.2, 0.25) is 15.9 Å². The molecule has 0 spiro atoms. The number of sulfone groups is 1. The molecule has 2 aromatic carbocycles. The fraction of sp³-hybridized carbons (Fsp3) is 0.333. The molecule has 0 radical (unpaired) electrons. The molecule has 2 N–H and O–H groups in total. The Kier molecular flexibility index (Phi) is 7.93. The molecule has 0 saturated carbocycles. The van der Waals surface area contributed by atoms with Crippen LogP contribution in [0.5, 0.6) is 0 Å². The van der Waals surface area contributed by atoms with Crippen LogP contribution in [0.25, 0.3) is 0 Å². The number of hydrogen-bond acceptors (Lipinski definition) is 6. The second kappa shape index (κ2) is 10.2. The maximum Gasteiger partial charge on any atom is 0.305 e. The molecule has 0 bridgehead atoms. The second-order valence-electron chi connectivity index (χ2n) is 7.88. The fourth-order valence-corrected chi connectivity index (χ4v) is 6.76. The lowest BCUT2D eigenvalue weighted by Crippen LogP contribution is -2.47. The van der Waals surface area contributed by atoms with E-state index in [9.17, 15) is 31.5 Å². The Balaban J connectivity index is 1.86. The lowest BCUT2D eigenvalue weighted by Gasteiger charge is -2.26. The van der Waals surface area contributed by atoms with Gasteiger partial charge < -0.3 is 10.4 Å². The van der Waals surface area contributed by atoms with Crippen LogP contribution in [0.1, 0.15) is 30.9 Å². The van der Waals surface area contributed by atoms with Gasteiger partial charge in [-0.1, -0.05) is 35.3 Å². The molecule has 9 nitrogen and oxygen atoms in total. The van der Waals surface area contributed by atoms with Gasteiger partial charge in [-0.2, -0.15) is 4.31 Å². The molecule has 1 saturated heterocycles. The van der Waals surface area contributed by atoms with Crippen LogP contribution in [-0.4, -0.2) is 57.0 Å². The van der Waals surface area contributed by atoms with Crippen LogP contribution in [-0.2, 0) is 29.4 Å². The average molecular weight is 549 g/mol. The van der Waals surface area contributed by atoms with Crippen LogP contribution >= 0.6 is 23.2 Å². The monoisotopic (exact) mass is 548 g/mol. The van der Waals surface area contributed by atoms with E-state index < -0.39 is 50.2 Å². The van der Waals surface area contributed by atoms with Crippen molar-refractivity contribution in [2.75, 3.05) is 12.8 Å². The van der Waals surface area contributed by atoms with Gasteiger partial charge in [-0.05, 0) is 48.7 Å². The van der Waals surface area contributed by atoms with Crippen molar-refractivity contribution in [3.8, 4) is 0 Å². The number of nitrogens with one attached hydrogen (secondary N) is 1. The summed E-state index contributed by atoms with van der Waals surface area (Å²) in [6.45, 7) is 0.0945. The van der Waals surface area contributed by atoms with Crippen LogP contribution in [0.2, 0.25) is 10.0 Å². The Morgan fingerprint density at radius 3 is 2.18 bits per heavy atom. The van der Waals surface area contributed by atoms with Gasteiger partial charge in [-0.25, -0.2) is 16.8 Å². The number of rotatable bonds is 8. The standard InChI is InChI=1S/C21H22Cl2N2O7S2/c1-33(29,30)16-6-4-13(5-7-16)18(12-20(26)27)24-21(28)19-3-2-8-25(19)34(31,32)17-10-14(22)9-15(23)11-17/h4-7,9-11,18-19H,2-3,8,12H2,1H3,(H,24,28)(H,26,27)/t18-,19+/m1/s1. The van der Waals surface area contributed by atoms with Crippen molar-refractivity contribution in [3.63, 3.8) is 0 Å². The van der Waals surface area contributed by atoms with Crippen molar-refractivity contribution in [1.82, 2.24) is 9.62 Å². The van der Waals surface area contributed by atoms with E-state index in [-0.39, 0.29) is 32.8 Å². The van der Waals surface area contributed by atoms with E-state index in [1.54, 1.807) is 0 Å². The predicted octanol–water partition coefficient (Wildman–Crippen LogP) is 2.88. The zero-order valence-corrected chi connectivity index (χ0v) is 21.1. The molecule has 1 fully saturated rings. The summed E-state index contributed by atoms with van der Waals surface area (Å²) in [5.74, 6) is -1.85. The number of nitrogens with zero attached hydrogens (tertiary/aromatic N) is 1. The molecule has 1 heterocycles. The number of benzene rings is 2. The van der Waals surface area contributed by atoms with Gasteiger partial charge in [0.15, 0.2) is 9.84 Å². The van der Waals surface area contributed by atoms with Crippen molar-refractivity contribution in [2.24, 2.45) is 0 Å². The third-order valence-electron chi connectivity index (χ3n) is 5.35. The summed E-state index contributed by atoms with van der Waals surface area (Å²) in [6.07, 6.45) is 1.23. The number of carboxylic acid groups (broad SMARTS) is 1. The number of halogens is 2. The smallest absolute Gasteiger partial charge is 0.305 e. The third kappa shape index (κ3) is 6.08. The molecule has 34 heavy (non-hydrogen) atoms. The molecule has 2 aromatic rings. The highest BCUT2D eigenvalue weighted by molar-refractivity contribution is 7.90. The first-order valence-corrected chi connectivity index (χ1v) is 14.2. The number of carboxylic acids is 1. The number of sulfonamides is 1. The van der Waals surface area contributed by atoms with Gasteiger partial charge in [0.25, 0.3) is 0 Å². The van der Waals surface area contributed by atoms with E-state index in [0.29, 0.717) is 12.0 Å². The Morgan fingerprint density at radius 1 is 1.06 bits per heavy atom. The molecule has 1 aliphatic rings. The second-order valence-corrected chi connectivity index (χ2v) is 12.7. The zero-order chi connectivity index (χ0) is 25.3. The molecular weight excluding hydrogens is 527 g/mol. The van der Waals surface area contributed by atoms with Gasteiger partial charge in [0.05, 0.1) is 22.3 Å². The third-order valence-corrected chi connectivity index (χ3v) is 8.81. The molecule has 184 valence electrons. The van der Waals surface area contributed by atoms with Gasteiger partial charge in [0.1, 0.15) is 6.04 Å². The maximum absolute atomic E-state index is 13.2. The molecule has 1 amide bonds. The highest BCUT2D eigenvalue weighted by Crippen LogP contribution is 2.30. The normalized spacial score (nSPS) is 17.9. The number of aliphatic carboxylic acids is 1. The number of carbonyl (C=O) groups excluding carboxylic acids is 1. The van der Waals surface area contributed by atoms with E-state index in [1.165, 1.54) is 42.5 Å². The molecule has 0 aromatic heterocycles. The highest BCUT2D eigenvalue weighted by Gasteiger charge is 2.40. The molecule has 3 rings (SSSR count). The van der Waals surface area contributed by atoms with E-state index in [0.717, 1.165) is 10.6 Å². The molecule has 0 aliphatic carbocycles. The Morgan fingerprint density at radius 2 is 1.65 bits per heavy atom. The number of carbonyl (C=O) groups is 2. The fourth-order valence-electron chi connectivity index (χ4n) is 3.74. The van der Waals surface area contributed by atoms with E-state index in [1.807, 2.05) is 0 Å². The highest BCUT2D eigenvalue weighted by atomic mass is 35.5. The minimum atomic E-state index is -4.10. The summed E-state index contributed by atoms with van der Waals surface area (Å²) < 4.78 is 50.8. The first-order chi connectivity index (χ1) is 15.8. The van der Waals surface area contributed by atoms with Gasteiger partial charge >= 0.3 is 5.97 Å². The summed E-state index contributed by atoms with van der Waals surface area (Å²) in [5.41, 5.74) is 0.372. The summed E-state index contributed by atoms with van der Waals surface area (Å²) in [7, 11) is -7.56. The lowest BCUT2D eigenvalue weighted by molar-refractivity contribution is -0.137. The first-order valence-electron chi connectivity index (χ1n) is 10.1. The Labute approximate surface area is 207 Å². The van der Waals surface area contributed by atoms with E-state index in [2.05, 4.69) is 5.32 Å². The topological polar surface area (TPSA) is 138 Å². The summed E-state index contributed by atoms with van der Waals surface area (Å²) in [6, 6.07) is 7.30. The van der Waals surface area contributed by atoms with Crippen molar-refractivity contribution in [1.29, 1.82) is 0 Å². The van der Waals surface area contributed by atoms with E-state index in [4.69, 9.17) is 23.2 Å². The molecule has 0 unspecified atom stereocenters. The quantitative estimate of drug-likeness (QED) is 0.517. The predicted molar refractivity (Wildman–Crippen MR) is 126 cm³/mol. The molecular formula is C21H22Cl2N2O7S2. The summed E-state index contributed by atoms with van der Waals surface area (Å²) in [5, 5.41) is 12.2. The molecule has 1 aliphatic heterocycles. The van der Waals surface area contributed by atoms with Crippen LogP contribution < -0.4 is 5.32 Å². The maximum atomic E-state index is 13.2. The van der Waals surface area contributed by atoms with Crippen molar-refractivity contribution in [3.05, 3.63) is 58.1 Å². The van der Waals surface area contributed by atoms with Crippen LogP contribution in [0.4, 0.5) is 0 Å². The van der Waals surface area contributed by atoms with Gasteiger partial charge in [-0.15, -0.1) is 0 Å².